The molecule has 10 heteroatoms. The molecule has 0 fully saturated rings. The highest BCUT2D eigenvalue weighted by molar-refractivity contribution is 7.92. The summed E-state index contributed by atoms with van der Waals surface area (Å²) in [6.45, 7) is 0.0829. The Bertz CT molecular complexity index is 1240. The zero-order chi connectivity index (χ0) is 21.0. The molecule has 152 valence electrons. The van der Waals surface area contributed by atoms with Gasteiger partial charge in [0.25, 0.3) is 15.9 Å². The summed E-state index contributed by atoms with van der Waals surface area (Å²) in [6, 6.07) is 17.9. The number of hydrogen-bond donors (Lipinski definition) is 2. The molecule has 0 atom stereocenters. The molecule has 8 nitrogen and oxygen atoms in total. The van der Waals surface area contributed by atoms with Gasteiger partial charge in [-0.1, -0.05) is 29.4 Å². The van der Waals surface area contributed by atoms with E-state index in [1.807, 2.05) is 17.5 Å². The maximum atomic E-state index is 12.4. The van der Waals surface area contributed by atoms with Crippen molar-refractivity contribution < 1.29 is 17.7 Å². The van der Waals surface area contributed by atoms with Gasteiger partial charge >= 0.3 is 0 Å². The normalized spacial score (nSPS) is 11.2. The minimum absolute atomic E-state index is 0.0829. The van der Waals surface area contributed by atoms with Gasteiger partial charge in [0.2, 0.25) is 11.7 Å². The summed E-state index contributed by atoms with van der Waals surface area (Å²) in [6.07, 6.45) is 0. The molecule has 1 amide bonds. The first-order valence-electron chi connectivity index (χ1n) is 8.84. The number of sulfonamides is 1. The van der Waals surface area contributed by atoms with Crippen LogP contribution >= 0.6 is 11.3 Å². The number of nitrogens with one attached hydrogen (secondary N) is 2. The van der Waals surface area contributed by atoms with Crippen LogP contribution in [0, 0.1) is 0 Å². The van der Waals surface area contributed by atoms with Gasteiger partial charge in [-0.05, 0) is 47.8 Å². The summed E-state index contributed by atoms with van der Waals surface area (Å²) in [7, 11) is -3.69. The zero-order valence-corrected chi connectivity index (χ0v) is 17.1. The Morgan fingerprint density at radius 3 is 2.47 bits per heavy atom. The molecule has 0 aliphatic carbocycles. The van der Waals surface area contributed by atoms with Crippen LogP contribution in [-0.2, 0) is 16.6 Å². The van der Waals surface area contributed by atoms with E-state index in [4.69, 9.17) is 4.52 Å². The number of aromatic nitrogens is 2. The van der Waals surface area contributed by atoms with E-state index in [0.717, 1.165) is 4.88 Å². The number of amides is 1. The third kappa shape index (κ3) is 4.56. The first-order valence-corrected chi connectivity index (χ1v) is 11.2. The number of nitrogens with zero attached hydrogens (tertiary/aromatic N) is 2. The van der Waals surface area contributed by atoms with E-state index in [1.165, 1.54) is 47.7 Å². The SMILES string of the molecule is O=C(NCc1nc(-c2cccs2)no1)c1ccc(NS(=O)(=O)c2ccccc2)cc1. The van der Waals surface area contributed by atoms with Crippen LogP contribution in [0.15, 0.2) is 81.5 Å². The van der Waals surface area contributed by atoms with Gasteiger partial charge in [0.1, 0.15) is 0 Å². The summed E-state index contributed by atoms with van der Waals surface area (Å²) < 4.78 is 32.3. The molecule has 0 unspecified atom stereocenters. The van der Waals surface area contributed by atoms with Gasteiger partial charge in [-0.25, -0.2) is 8.42 Å². The summed E-state index contributed by atoms with van der Waals surface area (Å²) in [5.74, 6) is 0.423. The Morgan fingerprint density at radius 2 is 1.77 bits per heavy atom. The quantitative estimate of drug-likeness (QED) is 0.454. The van der Waals surface area contributed by atoms with Crippen LogP contribution in [0.4, 0.5) is 5.69 Å². The van der Waals surface area contributed by atoms with E-state index < -0.39 is 10.0 Å². The van der Waals surface area contributed by atoms with Crippen molar-refractivity contribution >= 4 is 33.0 Å². The number of thiophene rings is 1. The first-order chi connectivity index (χ1) is 14.5. The van der Waals surface area contributed by atoms with Crippen molar-refractivity contribution in [3.05, 3.63) is 83.6 Å². The number of carbonyl (C=O) groups is 1. The minimum atomic E-state index is -3.69. The average molecular weight is 441 g/mol. The van der Waals surface area contributed by atoms with Gasteiger partial charge in [-0.3, -0.25) is 9.52 Å². The highest BCUT2D eigenvalue weighted by Gasteiger charge is 2.15. The van der Waals surface area contributed by atoms with E-state index in [0.29, 0.717) is 23.0 Å². The summed E-state index contributed by atoms with van der Waals surface area (Å²) in [5.41, 5.74) is 0.726. The van der Waals surface area contributed by atoms with Gasteiger partial charge in [0, 0.05) is 11.3 Å². The van der Waals surface area contributed by atoms with Crippen LogP contribution in [0.2, 0.25) is 0 Å². The number of hydrogen-bond acceptors (Lipinski definition) is 7. The zero-order valence-electron chi connectivity index (χ0n) is 15.5. The highest BCUT2D eigenvalue weighted by atomic mass is 32.2. The van der Waals surface area contributed by atoms with E-state index in [1.54, 1.807) is 18.2 Å². The minimum Gasteiger partial charge on any atom is -0.343 e. The summed E-state index contributed by atoms with van der Waals surface area (Å²) >= 11 is 1.49. The molecule has 0 bridgehead atoms. The molecule has 0 aliphatic rings. The highest BCUT2D eigenvalue weighted by Crippen LogP contribution is 2.21. The molecule has 0 radical (unpaired) electrons. The fourth-order valence-corrected chi connectivity index (χ4v) is 4.32. The number of rotatable bonds is 7. The number of benzene rings is 2. The molecule has 2 heterocycles. The largest absolute Gasteiger partial charge is 0.343 e. The van der Waals surface area contributed by atoms with Crippen molar-refractivity contribution in [2.45, 2.75) is 11.4 Å². The number of anilines is 1. The van der Waals surface area contributed by atoms with E-state index in [9.17, 15) is 13.2 Å². The van der Waals surface area contributed by atoms with Gasteiger partial charge in [0.05, 0.1) is 16.3 Å². The molecule has 0 saturated heterocycles. The van der Waals surface area contributed by atoms with Gasteiger partial charge in [-0.15, -0.1) is 11.3 Å². The van der Waals surface area contributed by atoms with Crippen molar-refractivity contribution in [3.63, 3.8) is 0 Å². The molecule has 2 aromatic heterocycles. The molecule has 0 saturated carbocycles. The lowest BCUT2D eigenvalue weighted by Gasteiger charge is -2.09. The Hall–Kier alpha value is -3.50. The lowest BCUT2D eigenvalue weighted by molar-refractivity contribution is 0.0946. The Kier molecular flexibility index (Phi) is 5.59. The van der Waals surface area contributed by atoms with Gasteiger partial charge < -0.3 is 9.84 Å². The molecule has 2 aromatic carbocycles. The molecule has 0 aliphatic heterocycles. The Labute approximate surface area is 176 Å². The fourth-order valence-electron chi connectivity index (χ4n) is 2.59. The van der Waals surface area contributed by atoms with Crippen molar-refractivity contribution in [1.29, 1.82) is 0 Å². The topological polar surface area (TPSA) is 114 Å². The monoisotopic (exact) mass is 440 g/mol. The standard InChI is InChI=1S/C20H16N4O4S2/c25-20(21-13-18-22-19(23-28-18)17-7-4-12-29-17)14-8-10-15(11-9-14)24-30(26,27)16-5-2-1-3-6-16/h1-12,24H,13H2,(H,21,25). The molecule has 0 spiro atoms. The predicted molar refractivity (Wildman–Crippen MR) is 112 cm³/mol. The molecular weight excluding hydrogens is 424 g/mol. The third-order valence-corrected chi connectivity index (χ3v) is 6.33. The maximum absolute atomic E-state index is 12.4. The number of carbonyl (C=O) groups excluding carboxylic acids is 1. The molecule has 4 aromatic rings. The average Bonchev–Trinajstić information content (AvgIpc) is 3.45. The second-order valence-corrected chi connectivity index (χ2v) is 8.80. The van der Waals surface area contributed by atoms with E-state index >= 15 is 0 Å². The van der Waals surface area contributed by atoms with Crippen LogP contribution < -0.4 is 10.0 Å². The molecule has 30 heavy (non-hydrogen) atoms. The van der Waals surface area contributed by atoms with Crippen LogP contribution in [0.1, 0.15) is 16.2 Å². The fraction of sp³-hybridized carbons (Fsp3) is 0.0500. The van der Waals surface area contributed by atoms with Crippen molar-refractivity contribution in [1.82, 2.24) is 15.5 Å². The van der Waals surface area contributed by atoms with Crippen molar-refractivity contribution in [2.24, 2.45) is 0 Å². The second kappa shape index (κ2) is 8.47. The molecule has 4 rings (SSSR count). The van der Waals surface area contributed by atoms with Crippen LogP contribution in [-0.4, -0.2) is 24.5 Å². The van der Waals surface area contributed by atoms with Crippen molar-refractivity contribution in [3.8, 4) is 10.7 Å². The molecular formula is C20H16N4O4S2. The Balaban J connectivity index is 1.36. The smallest absolute Gasteiger partial charge is 0.261 e. The van der Waals surface area contributed by atoms with E-state index in [2.05, 4.69) is 20.2 Å². The van der Waals surface area contributed by atoms with Crippen molar-refractivity contribution in [2.75, 3.05) is 4.72 Å². The van der Waals surface area contributed by atoms with Gasteiger partial charge in [-0.2, -0.15) is 4.98 Å². The van der Waals surface area contributed by atoms with Gasteiger partial charge in [0.15, 0.2) is 0 Å². The summed E-state index contributed by atoms with van der Waals surface area (Å²) in [4.78, 5) is 17.6. The Morgan fingerprint density at radius 1 is 1.00 bits per heavy atom. The van der Waals surface area contributed by atoms with Crippen LogP contribution in [0.25, 0.3) is 10.7 Å². The lowest BCUT2D eigenvalue weighted by atomic mass is 10.2. The predicted octanol–water partition coefficient (Wildman–Crippen LogP) is 3.53. The van der Waals surface area contributed by atoms with Crippen LogP contribution in [0.5, 0.6) is 0 Å². The third-order valence-electron chi connectivity index (χ3n) is 4.06. The second-order valence-electron chi connectivity index (χ2n) is 6.17. The van der Waals surface area contributed by atoms with E-state index in [-0.39, 0.29) is 17.3 Å². The first kappa shape index (κ1) is 19.8. The van der Waals surface area contributed by atoms with Crippen LogP contribution in [0.3, 0.4) is 0 Å². The maximum Gasteiger partial charge on any atom is 0.261 e. The summed E-state index contributed by atoms with van der Waals surface area (Å²) in [5, 5.41) is 8.50. The molecule has 2 N–H and O–H groups in total. The lowest BCUT2D eigenvalue weighted by Crippen LogP contribution is -2.23.